The van der Waals surface area contributed by atoms with Gasteiger partial charge in [-0.1, -0.05) is 6.07 Å². The van der Waals surface area contributed by atoms with Gasteiger partial charge in [0.05, 0.1) is 6.61 Å². The van der Waals surface area contributed by atoms with E-state index in [0.29, 0.717) is 11.8 Å². The summed E-state index contributed by atoms with van der Waals surface area (Å²) in [5, 5.41) is 3.26. The third kappa shape index (κ3) is 4.11. The molecule has 0 aliphatic heterocycles. The fourth-order valence-electron chi connectivity index (χ4n) is 2.50. The van der Waals surface area contributed by atoms with Crippen molar-refractivity contribution in [2.45, 2.75) is 31.7 Å². The van der Waals surface area contributed by atoms with Crippen LogP contribution in [0.1, 0.15) is 30.0 Å². The van der Waals surface area contributed by atoms with Gasteiger partial charge in [-0.2, -0.15) is 0 Å². The van der Waals surface area contributed by atoms with Crippen LogP contribution in [0.5, 0.6) is 5.75 Å². The molecule has 1 aromatic carbocycles. The lowest BCUT2D eigenvalue weighted by Crippen LogP contribution is -2.21. The molecule has 0 fully saturated rings. The topological polar surface area (TPSA) is 30.5 Å². The van der Waals surface area contributed by atoms with Gasteiger partial charge in [0, 0.05) is 6.04 Å². The molecule has 1 unspecified atom stereocenters. The summed E-state index contributed by atoms with van der Waals surface area (Å²) in [4.78, 5) is 0. The molecule has 0 spiro atoms. The van der Waals surface area contributed by atoms with Crippen molar-refractivity contribution in [3.05, 3.63) is 29.3 Å². The summed E-state index contributed by atoms with van der Waals surface area (Å²) in [6.45, 7) is -0.618. The van der Waals surface area contributed by atoms with E-state index in [2.05, 4.69) is 10.1 Å². The number of ether oxygens (including phenoxy) is 2. The number of hydrogen-bond donors (Lipinski definition) is 1. The second-order valence-electron chi connectivity index (χ2n) is 4.74. The molecule has 1 aliphatic carbocycles. The minimum absolute atomic E-state index is 0.117. The third-order valence-electron chi connectivity index (χ3n) is 3.40. The van der Waals surface area contributed by atoms with Gasteiger partial charge in [0.25, 0.3) is 0 Å². The van der Waals surface area contributed by atoms with Crippen LogP contribution >= 0.6 is 0 Å². The quantitative estimate of drug-likeness (QED) is 0.844. The Morgan fingerprint density at radius 1 is 1.30 bits per heavy atom. The maximum atomic E-state index is 11.8. The summed E-state index contributed by atoms with van der Waals surface area (Å²) in [5.74, 6) is 0.589. The molecular formula is C14H18F3NO2. The van der Waals surface area contributed by atoms with Crippen molar-refractivity contribution in [3.8, 4) is 5.75 Å². The van der Waals surface area contributed by atoms with Gasteiger partial charge in [-0.15, -0.1) is 13.2 Å². The molecule has 0 heterocycles. The van der Waals surface area contributed by atoms with Crippen LogP contribution in [-0.4, -0.2) is 26.6 Å². The minimum Gasteiger partial charge on any atom is -0.491 e. The first-order chi connectivity index (χ1) is 9.49. The summed E-state index contributed by atoms with van der Waals surface area (Å²) in [5.41, 5.74) is 2.45. The lowest BCUT2D eigenvalue weighted by atomic mass is 9.87. The highest BCUT2D eigenvalue weighted by atomic mass is 19.4. The molecule has 3 nitrogen and oxygen atoms in total. The summed E-state index contributed by atoms with van der Waals surface area (Å²) < 4.78 is 44.4. The van der Waals surface area contributed by atoms with Gasteiger partial charge in [-0.05, 0) is 49.6 Å². The van der Waals surface area contributed by atoms with Crippen LogP contribution in [0.4, 0.5) is 13.2 Å². The van der Waals surface area contributed by atoms with Crippen molar-refractivity contribution >= 4 is 0 Å². The molecule has 2 rings (SSSR count). The van der Waals surface area contributed by atoms with E-state index in [0.717, 1.165) is 19.3 Å². The van der Waals surface area contributed by atoms with E-state index >= 15 is 0 Å². The van der Waals surface area contributed by atoms with Gasteiger partial charge in [-0.3, -0.25) is 4.74 Å². The molecule has 1 aliphatic rings. The van der Waals surface area contributed by atoms with Crippen molar-refractivity contribution in [1.29, 1.82) is 0 Å². The fraction of sp³-hybridized carbons (Fsp3) is 0.571. The first-order valence-corrected chi connectivity index (χ1v) is 6.63. The van der Waals surface area contributed by atoms with Gasteiger partial charge in [-0.25, -0.2) is 0 Å². The Bertz CT molecular complexity index is 449. The van der Waals surface area contributed by atoms with Crippen molar-refractivity contribution in [2.24, 2.45) is 0 Å². The van der Waals surface area contributed by atoms with E-state index in [1.54, 1.807) is 6.07 Å². The van der Waals surface area contributed by atoms with E-state index in [1.807, 2.05) is 19.2 Å². The fourth-order valence-corrected chi connectivity index (χ4v) is 2.50. The highest BCUT2D eigenvalue weighted by molar-refractivity contribution is 5.39. The lowest BCUT2D eigenvalue weighted by Gasteiger charge is -2.25. The smallest absolute Gasteiger partial charge is 0.491 e. The van der Waals surface area contributed by atoms with Crippen LogP contribution in [0.3, 0.4) is 0 Å². The molecule has 20 heavy (non-hydrogen) atoms. The molecule has 6 heteroatoms. The molecule has 0 bridgehead atoms. The van der Waals surface area contributed by atoms with Gasteiger partial charge in [0.1, 0.15) is 12.4 Å². The van der Waals surface area contributed by atoms with Crippen molar-refractivity contribution in [1.82, 2.24) is 5.32 Å². The number of hydrogen-bond acceptors (Lipinski definition) is 3. The van der Waals surface area contributed by atoms with E-state index in [1.165, 1.54) is 11.1 Å². The molecule has 112 valence electrons. The zero-order valence-electron chi connectivity index (χ0n) is 11.3. The van der Waals surface area contributed by atoms with Crippen LogP contribution in [0.2, 0.25) is 0 Å². The molecule has 1 atom stereocenters. The lowest BCUT2D eigenvalue weighted by molar-refractivity contribution is -0.325. The number of fused-ring (bicyclic) bond motifs is 1. The number of benzene rings is 1. The summed E-state index contributed by atoms with van der Waals surface area (Å²) in [6.07, 6.45) is -1.43. The Hall–Kier alpha value is -1.27. The normalized spacial score (nSPS) is 18.7. The second-order valence-corrected chi connectivity index (χ2v) is 4.74. The van der Waals surface area contributed by atoms with Crippen molar-refractivity contribution in [3.63, 3.8) is 0 Å². The molecule has 1 aromatic rings. The number of nitrogens with one attached hydrogen (secondary N) is 1. The third-order valence-corrected chi connectivity index (χ3v) is 3.40. The monoisotopic (exact) mass is 289 g/mol. The summed E-state index contributed by atoms with van der Waals surface area (Å²) in [6, 6.07) is 6.03. The predicted octanol–water partition coefficient (Wildman–Crippen LogP) is 3.20. The first-order valence-electron chi connectivity index (χ1n) is 6.63. The maximum Gasteiger partial charge on any atom is 0.522 e. The van der Waals surface area contributed by atoms with Crippen LogP contribution in [-0.2, 0) is 11.2 Å². The van der Waals surface area contributed by atoms with E-state index in [9.17, 15) is 13.2 Å². The Morgan fingerprint density at radius 3 is 2.80 bits per heavy atom. The molecule has 0 saturated carbocycles. The SMILES string of the molecule is CNC1CCCc2cc(OCCOC(F)(F)F)ccc21. The van der Waals surface area contributed by atoms with E-state index in [-0.39, 0.29) is 6.61 Å². The summed E-state index contributed by atoms with van der Waals surface area (Å²) >= 11 is 0. The summed E-state index contributed by atoms with van der Waals surface area (Å²) in [7, 11) is 1.93. The number of rotatable bonds is 5. The molecule has 0 aromatic heterocycles. The largest absolute Gasteiger partial charge is 0.522 e. The van der Waals surface area contributed by atoms with Crippen LogP contribution in [0.25, 0.3) is 0 Å². The van der Waals surface area contributed by atoms with Crippen molar-refractivity contribution in [2.75, 3.05) is 20.3 Å². The number of aryl methyl sites for hydroxylation is 1. The second kappa shape index (κ2) is 6.45. The van der Waals surface area contributed by atoms with Gasteiger partial charge in [0.2, 0.25) is 0 Å². The zero-order valence-corrected chi connectivity index (χ0v) is 11.3. The van der Waals surface area contributed by atoms with Crippen LogP contribution < -0.4 is 10.1 Å². The Kier molecular flexibility index (Phi) is 4.88. The Labute approximate surface area is 116 Å². The number of halogens is 3. The van der Waals surface area contributed by atoms with Crippen molar-refractivity contribution < 1.29 is 22.6 Å². The Morgan fingerprint density at radius 2 is 2.10 bits per heavy atom. The standard InChI is InChI=1S/C14H18F3NO2/c1-18-13-4-2-3-10-9-11(5-6-12(10)13)19-7-8-20-14(15,16)17/h5-6,9,13,18H,2-4,7-8H2,1H3. The van der Waals surface area contributed by atoms with Gasteiger partial charge >= 0.3 is 6.36 Å². The van der Waals surface area contributed by atoms with E-state index < -0.39 is 13.0 Å². The zero-order chi connectivity index (χ0) is 14.6. The highest BCUT2D eigenvalue weighted by Crippen LogP contribution is 2.31. The Balaban J connectivity index is 1.91. The average Bonchev–Trinajstić information content (AvgIpc) is 2.41. The molecule has 0 amide bonds. The van der Waals surface area contributed by atoms with Crippen LogP contribution in [0.15, 0.2) is 18.2 Å². The number of alkyl halides is 3. The van der Waals surface area contributed by atoms with Gasteiger partial charge in [0.15, 0.2) is 0 Å². The molecule has 1 N–H and O–H groups in total. The molecular weight excluding hydrogens is 271 g/mol. The maximum absolute atomic E-state index is 11.8. The molecule has 0 radical (unpaired) electrons. The highest BCUT2D eigenvalue weighted by Gasteiger charge is 2.28. The average molecular weight is 289 g/mol. The first kappa shape index (κ1) is 15.1. The molecule has 0 saturated heterocycles. The van der Waals surface area contributed by atoms with Crippen LogP contribution in [0, 0.1) is 0 Å². The minimum atomic E-state index is -4.60. The van der Waals surface area contributed by atoms with Gasteiger partial charge < -0.3 is 10.1 Å². The predicted molar refractivity (Wildman–Crippen MR) is 68.7 cm³/mol. The van der Waals surface area contributed by atoms with E-state index in [4.69, 9.17) is 4.74 Å².